The molecule has 0 saturated heterocycles. The summed E-state index contributed by atoms with van der Waals surface area (Å²) in [7, 11) is 0. The van der Waals surface area contributed by atoms with E-state index in [2.05, 4.69) is 5.32 Å². The minimum atomic E-state index is -0.847. The molecule has 1 aromatic rings. The van der Waals surface area contributed by atoms with Gasteiger partial charge in [-0.2, -0.15) is 0 Å². The maximum Gasteiger partial charge on any atom is 0.303 e. The van der Waals surface area contributed by atoms with Crippen molar-refractivity contribution in [1.29, 1.82) is 0 Å². The number of benzene rings is 1. The fraction of sp³-hybridized carbons (Fsp3) is 0.467. The first-order chi connectivity index (χ1) is 9.40. The van der Waals surface area contributed by atoms with Crippen molar-refractivity contribution in [2.24, 2.45) is 5.41 Å². The van der Waals surface area contributed by atoms with Crippen LogP contribution in [-0.4, -0.2) is 23.5 Å². The van der Waals surface area contributed by atoms with Crippen molar-refractivity contribution < 1.29 is 19.1 Å². The average Bonchev–Trinajstić information content (AvgIpc) is 2.30. The van der Waals surface area contributed by atoms with Crippen LogP contribution < -0.4 is 5.32 Å². The van der Waals surface area contributed by atoms with Gasteiger partial charge in [-0.25, -0.2) is 4.39 Å². The number of aliphatic carboxylic acids is 1. The van der Waals surface area contributed by atoms with Crippen LogP contribution in [0.3, 0.4) is 0 Å². The molecular formula is C15H18FNO3. The Hall–Kier alpha value is -1.91. The van der Waals surface area contributed by atoms with Gasteiger partial charge in [0.05, 0.1) is 6.42 Å². The maximum absolute atomic E-state index is 13.3. The maximum atomic E-state index is 13.3. The summed E-state index contributed by atoms with van der Waals surface area (Å²) in [6.45, 7) is 2.05. The zero-order valence-corrected chi connectivity index (χ0v) is 11.4. The molecule has 1 aliphatic carbocycles. The molecule has 5 heteroatoms. The molecule has 1 saturated carbocycles. The van der Waals surface area contributed by atoms with Gasteiger partial charge in [0, 0.05) is 12.1 Å². The van der Waals surface area contributed by atoms with Crippen LogP contribution in [0.1, 0.15) is 41.6 Å². The van der Waals surface area contributed by atoms with Crippen LogP contribution in [-0.2, 0) is 4.79 Å². The quantitative estimate of drug-likeness (QED) is 0.870. The average molecular weight is 279 g/mol. The number of carbonyl (C=O) groups excluding carboxylic acids is 1. The van der Waals surface area contributed by atoms with E-state index in [0.717, 1.165) is 19.3 Å². The molecule has 0 aliphatic heterocycles. The number of hydrogen-bond donors (Lipinski definition) is 2. The third kappa shape index (κ3) is 3.35. The number of hydrogen-bond acceptors (Lipinski definition) is 2. The SMILES string of the molecule is Cc1cc(F)cc(C(=O)NCC2(CC(=O)O)CCC2)c1. The molecule has 20 heavy (non-hydrogen) atoms. The molecule has 108 valence electrons. The molecule has 2 N–H and O–H groups in total. The highest BCUT2D eigenvalue weighted by Crippen LogP contribution is 2.43. The molecule has 0 aromatic heterocycles. The van der Waals surface area contributed by atoms with Gasteiger partial charge in [-0.1, -0.05) is 6.42 Å². The minimum absolute atomic E-state index is 0.0649. The summed E-state index contributed by atoms with van der Waals surface area (Å²) in [4.78, 5) is 22.8. The Kier molecular flexibility index (Phi) is 4.06. The van der Waals surface area contributed by atoms with E-state index in [4.69, 9.17) is 5.11 Å². The lowest BCUT2D eigenvalue weighted by molar-refractivity contribution is -0.141. The number of rotatable bonds is 5. The van der Waals surface area contributed by atoms with E-state index in [1.807, 2.05) is 0 Å². The third-order valence-corrected chi connectivity index (χ3v) is 3.87. The lowest BCUT2D eigenvalue weighted by atomic mass is 9.66. The van der Waals surface area contributed by atoms with Crippen molar-refractivity contribution in [1.82, 2.24) is 5.32 Å². The van der Waals surface area contributed by atoms with Gasteiger partial charge in [0.1, 0.15) is 5.82 Å². The van der Waals surface area contributed by atoms with Crippen molar-refractivity contribution in [3.05, 3.63) is 35.1 Å². The Bertz CT molecular complexity index is 518. The Morgan fingerprint density at radius 1 is 1.35 bits per heavy atom. The Morgan fingerprint density at radius 3 is 2.55 bits per heavy atom. The molecule has 4 nitrogen and oxygen atoms in total. The molecular weight excluding hydrogens is 261 g/mol. The number of aryl methyl sites for hydroxylation is 1. The number of amides is 1. The third-order valence-electron chi connectivity index (χ3n) is 3.87. The number of carboxylic acids is 1. The zero-order chi connectivity index (χ0) is 14.8. The van der Waals surface area contributed by atoms with Crippen molar-refractivity contribution in [2.75, 3.05) is 6.54 Å². The molecule has 2 rings (SSSR count). The standard InChI is InChI=1S/C15H18FNO3/c1-10-5-11(7-12(16)6-10)14(20)17-9-15(3-2-4-15)8-13(18)19/h5-7H,2-4,8-9H2,1H3,(H,17,20)(H,18,19). The van der Waals surface area contributed by atoms with E-state index in [0.29, 0.717) is 12.1 Å². The second-order valence-corrected chi connectivity index (χ2v) is 5.62. The highest BCUT2D eigenvalue weighted by Gasteiger charge is 2.39. The molecule has 0 unspecified atom stereocenters. The van der Waals surface area contributed by atoms with E-state index >= 15 is 0 Å². The van der Waals surface area contributed by atoms with Crippen molar-refractivity contribution >= 4 is 11.9 Å². The lowest BCUT2D eigenvalue weighted by Gasteiger charge is -2.40. The molecule has 1 fully saturated rings. The molecule has 0 bridgehead atoms. The van der Waals surface area contributed by atoms with Gasteiger partial charge in [-0.05, 0) is 48.9 Å². The predicted octanol–water partition coefficient (Wildman–Crippen LogP) is 2.51. The van der Waals surface area contributed by atoms with Gasteiger partial charge in [0.15, 0.2) is 0 Å². The number of carboxylic acid groups (broad SMARTS) is 1. The van der Waals surface area contributed by atoms with Gasteiger partial charge in [0.2, 0.25) is 0 Å². The van der Waals surface area contributed by atoms with E-state index < -0.39 is 11.8 Å². The molecule has 1 aromatic carbocycles. The summed E-state index contributed by atoms with van der Waals surface area (Å²) in [5, 5.41) is 11.6. The van der Waals surface area contributed by atoms with Crippen LogP contribution in [0.2, 0.25) is 0 Å². The topological polar surface area (TPSA) is 66.4 Å². The predicted molar refractivity (Wildman–Crippen MR) is 72.0 cm³/mol. The smallest absolute Gasteiger partial charge is 0.303 e. The van der Waals surface area contributed by atoms with Crippen molar-refractivity contribution in [3.63, 3.8) is 0 Å². The largest absolute Gasteiger partial charge is 0.481 e. The van der Waals surface area contributed by atoms with Crippen molar-refractivity contribution in [3.8, 4) is 0 Å². The molecule has 0 atom stereocenters. The van der Waals surface area contributed by atoms with E-state index in [1.54, 1.807) is 13.0 Å². The summed E-state index contributed by atoms with van der Waals surface area (Å²) in [5.74, 6) is -1.65. The van der Waals surface area contributed by atoms with Crippen LogP contribution >= 0.6 is 0 Å². The fourth-order valence-corrected chi connectivity index (χ4v) is 2.65. The van der Waals surface area contributed by atoms with Gasteiger partial charge >= 0.3 is 5.97 Å². The Labute approximate surface area is 117 Å². The first-order valence-electron chi connectivity index (χ1n) is 6.67. The lowest BCUT2D eigenvalue weighted by Crippen LogP contribution is -2.43. The molecule has 0 heterocycles. The van der Waals surface area contributed by atoms with Gasteiger partial charge < -0.3 is 10.4 Å². The number of halogens is 1. The second-order valence-electron chi connectivity index (χ2n) is 5.62. The first-order valence-corrected chi connectivity index (χ1v) is 6.67. The van der Waals surface area contributed by atoms with Crippen LogP contribution in [0.25, 0.3) is 0 Å². The van der Waals surface area contributed by atoms with Crippen LogP contribution in [0.5, 0.6) is 0 Å². The molecule has 1 aliphatic rings. The molecule has 1 amide bonds. The van der Waals surface area contributed by atoms with Crippen LogP contribution in [0, 0.1) is 18.2 Å². The summed E-state index contributed by atoms with van der Waals surface area (Å²) in [5.41, 5.74) is 0.621. The summed E-state index contributed by atoms with van der Waals surface area (Å²) in [6, 6.07) is 4.16. The minimum Gasteiger partial charge on any atom is -0.481 e. The highest BCUT2D eigenvalue weighted by molar-refractivity contribution is 5.94. The first kappa shape index (κ1) is 14.5. The molecule has 0 spiro atoms. The molecule has 0 radical (unpaired) electrons. The number of carbonyl (C=O) groups is 2. The van der Waals surface area contributed by atoms with E-state index in [-0.39, 0.29) is 23.3 Å². The van der Waals surface area contributed by atoms with E-state index in [9.17, 15) is 14.0 Å². The summed E-state index contributed by atoms with van der Waals surface area (Å²) >= 11 is 0. The fourth-order valence-electron chi connectivity index (χ4n) is 2.65. The van der Waals surface area contributed by atoms with Crippen LogP contribution in [0.15, 0.2) is 18.2 Å². The van der Waals surface area contributed by atoms with E-state index in [1.165, 1.54) is 12.1 Å². The summed E-state index contributed by atoms with van der Waals surface area (Å²) < 4.78 is 13.3. The van der Waals surface area contributed by atoms with Gasteiger partial charge in [0.25, 0.3) is 5.91 Å². The Morgan fingerprint density at radius 2 is 2.05 bits per heavy atom. The van der Waals surface area contributed by atoms with Crippen molar-refractivity contribution in [2.45, 2.75) is 32.6 Å². The second kappa shape index (κ2) is 5.61. The van der Waals surface area contributed by atoms with Gasteiger partial charge in [-0.15, -0.1) is 0 Å². The normalized spacial score (nSPS) is 16.3. The van der Waals surface area contributed by atoms with Crippen LogP contribution in [0.4, 0.5) is 4.39 Å². The van der Waals surface area contributed by atoms with Gasteiger partial charge in [-0.3, -0.25) is 9.59 Å². The monoisotopic (exact) mass is 279 g/mol. The highest BCUT2D eigenvalue weighted by atomic mass is 19.1. The number of nitrogens with one attached hydrogen (secondary N) is 1. The summed E-state index contributed by atoms with van der Waals surface area (Å²) in [6.07, 6.45) is 2.67. The Balaban J connectivity index is 1.99. The zero-order valence-electron chi connectivity index (χ0n) is 11.4.